The first kappa shape index (κ1) is 11.7. The Labute approximate surface area is 114 Å². The van der Waals surface area contributed by atoms with Gasteiger partial charge in [-0.25, -0.2) is 4.98 Å². The number of aromatic nitrogens is 2. The molecular formula is C14H10ClN3O. The summed E-state index contributed by atoms with van der Waals surface area (Å²) in [6, 6.07) is 12.7. The van der Waals surface area contributed by atoms with Crippen molar-refractivity contribution in [3.8, 4) is 11.6 Å². The summed E-state index contributed by atoms with van der Waals surface area (Å²) in [5.41, 5.74) is 7.05. The summed E-state index contributed by atoms with van der Waals surface area (Å²) in [6.45, 7) is 0. The number of nitrogens with zero attached hydrogens (tertiary/aromatic N) is 2. The van der Waals surface area contributed by atoms with Crippen LogP contribution in [0.15, 0.2) is 48.7 Å². The van der Waals surface area contributed by atoms with Crippen LogP contribution in [-0.2, 0) is 0 Å². The summed E-state index contributed by atoms with van der Waals surface area (Å²) in [7, 11) is 0. The maximum absolute atomic E-state index is 5.83. The van der Waals surface area contributed by atoms with Gasteiger partial charge < -0.3 is 10.5 Å². The third-order valence-corrected chi connectivity index (χ3v) is 2.79. The number of nitrogen functional groups attached to an aromatic ring is 1. The van der Waals surface area contributed by atoms with Crippen LogP contribution in [0.5, 0.6) is 11.6 Å². The Bertz CT molecular complexity index is 725. The summed E-state index contributed by atoms with van der Waals surface area (Å²) in [4.78, 5) is 8.32. The second-order valence-electron chi connectivity index (χ2n) is 4.02. The minimum atomic E-state index is 0.300. The number of halogens is 1. The number of fused-ring (bicyclic) bond motifs is 1. The summed E-state index contributed by atoms with van der Waals surface area (Å²) in [5, 5.41) is 1.35. The predicted molar refractivity (Wildman–Crippen MR) is 75.5 cm³/mol. The Morgan fingerprint density at radius 3 is 2.84 bits per heavy atom. The van der Waals surface area contributed by atoms with E-state index < -0.39 is 0 Å². The molecule has 3 aromatic rings. The van der Waals surface area contributed by atoms with Crippen LogP contribution in [0.4, 0.5) is 5.69 Å². The van der Waals surface area contributed by atoms with Gasteiger partial charge in [0, 0.05) is 29.4 Å². The molecule has 3 rings (SSSR count). The van der Waals surface area contributed by atoms with Crippen molar-refractivity contribution in [2.24, 2.45) is 0 Å². The molecule has 2 aromatic heterocycles. The van der Waals surface area contributed by atoms with Crippen LogP contribution >= 0.6 is 11.6 Å². The molecule has 2 heterocycles. The molecule has 0 fully saturated rings. The number of nitrogens with two attached hydrogens (primary N) is 1. The van der Waals surface area contributed by atoms with Gasteiger partial charge in [0.1, 0.15) is 10.9 Å². The molecule has 4 nitrogen and oxygen atoms in total. The van der Waals surface area contributed by atoms with E-state index in [-0.39, 0.29) is 0 Å². The number of rotatable bonds is 2. The van der Waals surface area contributed by atoms with E-state index in [2.05, 4.69) is 9.97 Å². The van der Waals surface area contributed by atoms with Crippen LogP contribution < -0.4 is 10.5 Å². The van der Waals surface area contributed by atoms with Gasteiger partial charge in [0.15, 0.2) is 0 Å². The molecule has 0 amide bonds. The molecule has 1 aromatic carbocycles. The van der Waals surface area contributed by atoms with Crippen molar-refractivity contribution in [1.82, 2.24) is 9.97 Å². The first-order chi connectivity index (χ1) is 9.20. The zero-order valence-electron chi connectivity index (χ0n) is 9.88. The maximum atomic E-state index is 5.83. The molecule has 5 heteroatoms. The van der Waals surface area contributed by atoms with E-state index in [9.17, 15) is 0 Å². The number of pyridine rings is 2. The van der Waals surface area contributed by atoms with Crippen LogP contribution in [0.25, 0.3) is 10.9 Å². The Morgan fingerprint density at radius 1 is 1.11 bits per heavy atom. The number of ether oxygens (including phenoxy) is 1. The van der Waals surface area contributed by atoms with Crippen LogP contribution in [0, 0.1) is 0 Å². The lowest BCUT2D eigenvalue weighted by Crippen LogP contribution is -1.92. The normalized spacial score (nSPS) is 10.6. The third kappa shape index (κ3) is 2.58. The highest BCUT2D eigenvalue weighted by Crippen LogP contribution is 2.26. The first-order valence-electron chi connectivity index (χ1n) is 5.66. The van der Waals surface area contributed by atoms with E-state index >= 15 is 0 Å². The average molecular weight is 272 g/mol. The fraction of sp³-hybridized carbons (Fsp3) is 0. The van der Waals surface area contributed by atoms with Crippen molar-refractivity contribution in [1.29, 1.82) is 0 Å². The molecule has 0 aliphatic rings. The van der Waals surface area contributed by atoms with Crippen molar-refractivity contribution in [2.45, 2.75) is 0 Å². The van der Waals surface area contributed by atoms with Crippen molar-refractivity contribution in [3.63, 3.8) is 0 Å². The van der Waals surface area contributed by atoms with Gasteiger partial charge in [0.25, 0.3) is 0 Å². The minimum Gasteiger partial charge on any atom is -0.439 e. The van der Waals surface area contributed by atoms with Gasteiger partial charge >= 0.3 is 0 Å². The van der Waals surface area contributed by atoms with E-state index in [0.717, 1.165) is 10.9 Å². The highest BCUT2D eigenvalue weighted by Gasteiger charge is 2.03. The lowest BCUT2D eigenvalue weighted by molar-refractivity contribution is 0.464. The van der Waals surface area contributed by atoms with Gasteiger partial charge in [-0.05, 0) is 24.3 Å². The van der Waals surface area contributed by atoms with E-state index in [4.69, 9.17) is 22.1 Å². The van der Waals surface area contributed by atoms with Gasteiger partial charge in [-0.15, -0.1) is 0 Å². The predicted octanol–water partition coefficient (Wildman–Crippen LogP) is 3.66. The highest BCUT2D eigenvalue weighted by atomic mass is 35.5. The molecule has 0 saturated carbocycles. The Hall–Kier alpha value is -2.33. The lowest BCUT2D eigenvalue weighted by Gasteiger charge is -2.06. The molecule has 0 aliphatic carbocycles. The van der Waals surface area contributed by atoms with Gasteiger partial charge in [0.2, 0.25) is 5.88 Å². The average Bonchev–Trinajstić information content (AvgIpc) is 2.37. The van der Waals surface area contributed by atoms with E-state index in [0.29, 0.717) is 22.5 Å². The maximum Gasteiger partial charge on any atom is 0.222 e. The summed E-state index contributed by atoms with van der Waals surface area (Å²) in [5.74, 6) is 1.00. The fourth-order valence-electron chi connectivity index (χ4n) is 1.77. The van der Waals surface area contributed by atoms with Crippen LogP contribution in [0.3, 0.4) is 0 Å². The topological polar surface area (TPSA) is 61.0 Å². The first-order valence-corrected chi connectivity index (χ1v) is 6.04. The molecule has 0 aliphatic heterocycles. The lowest BCUT2D eigenvalue weighted by atomic mass is 10.2. The largest absolute Gasteiger partial charge is 0.439 e. The molecule has 0 atom stereocenters. The second-order valence-corrected chi connectivity index (χ2v) is 4.41. The molecule has 2 N–H and O–H groups in total. The van der Waals surface area contributed by atoms with Crippen molar-refractivity contribution in [2.75, 3.05) is 5.73 Å². The Kier molecular flexibility index (Phi) is 2.93. The molecule has 0 saturated heterocycles. The van der Waals surface area contributed by atoms with E-state index in [1.165, 1.54) is 0 Å². The molecule has 0 bridgehead atoms. The number of hydrogen-bond donors (Lipinski definition) is 1. The number of anilines is 1. The summed E-state index contributed by atoms with van der Waals surface area (Å²) in [6.07, 6.45) is 1.74. The van der Waals surface area contributed by atoms with Crippen LogP contribution in [-0.4, -0.2) is 9.97 Å². The summed E-state index contributed by atoms with van der Waals surface area (Å²) >= 11 is 5.83. The monoisotopic (exact) mass is 271 g/mol. The van der Waals surface area contributed by atoms with Gasteiger partial charge in [-0.3, -0.25) is 4.98 Å². The molecule has 0 spiro atoms. The van der Waals surface area contributed by atoms with Crippen molar-refractivity contribution in [3.05, 3.63) is 53.8 Å². The SMILES string of the molecule is Nc1cc(Cl)nc(Oc2ccc3cccnc3c2)c1. The minimum absolute atomic E-state index is 0.300. The van der Waals surface area contributed by atoms with Crippen LogP contribution in [0.1, 0.15) is 0 Å². The number of benzene rings is 1. The molecule has 0 unspecified atom stereocenters. The summed E-state index contributed by atoms with van der Waals surface area (Å²) < 4.78 is 5.63. The number of hydrogen-bond acceptors (Lipinski definition) is 4. The Balaban J connectivity index is 1.96. The quantitative estimate of drug-likeness (QED) is 0.723. The van der Waals surface area contributed by atoms with E-state index in [1.807, 2.05) is 30.3 Å². The molecule has 0 radical (unpaired) electrons. The van der Waals surface area contributed by atoms with Gasteiger partial charge in [-0.1, -0.05) is 17.7 Å². The van der Waals surface area contributed by atoms with Crippen LogP contribution in [0.2, 0.25) is 5.15 Å². The smallest absolute Gasteiger partial charge is 0.222 e. The Morgan fingerprint density at radius 2 is 2.00 bits per heavy atom. The van der Waals surface area contributed by atoms with E-state index in [1.54, 1.807) is 18.3 Å². The highest BCUT2D eigenvalue weighted by molar-refractivity contribution is 6.29. The zero-order valence-corrected chi connectivity index (χ0v) is 10.6. The molecule has 94 valence electrons. The molecule has 19 heavy (non-hydrogen) atoms. The van der Waals surface area contributed by atoms with Crippen molar-refractivity contribution >= 4 is 28.2 Å². The standard InChI is InChI=1S/C14H10ClN3O/c15-13-6-10(16)7-14(18-13)19-11-4-3-9-2-1-5-17-12(9)8-11/h1-8H,(H2,16,18). The second kappa shape index (κ2) is 4.74. The zero-order chi connectivity index (χ0) is 13.2. The van der Waals surface area contributed by atoms with Gasteiger partial charge in [-0.2, -0.15) is 0 Å². The third-order valence-electron chi connectivity index (χ3n) is 2.59. The van der Waals surface area contributed by atoms with Crippen molar-refractivity contribution < 1.29 is 4.74 Å². The van der Waals surface area contributed by atoms with Gasteiger partial charge in [0.05, 0.1) is 5.52 Å². The molecular weight excluding hydrogens is 262 g/mol. The fourth-order valence-corrected chi connectivity index (χ4v) is 1.98.